The zero-order chi connectivity index (χ0) is 23.3. The Morgan fingerprint density at radius 2 is 1.82 bits per heavy atom. The van der Waals surface area contributed by atoms with Crippen LogP contribution in [0.5, 0.6) is 5.75 Å². The molecule has 174 valence electrons. The number of piperazine rings is 1. The zero-order valence-corrected chi connectivity index (χ0v) is 19.3. The first-order chi connectivity index (χ1) is 16.7. The number of nitrogens with zero attached hydrogens (tertiary/aromatic N) is 3. The van der Waals surface area contributed by atoms with E-state index in [1.54, 1.807) is 13.4 Å². The summed E-state index contributed by atoms with van der Waals surface area (Å²) in [5.74, 6) is 1.00. The van der Waals surface area contributed by atoms with Crippen LogP contribution >= 0.6 is 0 Å². The minimum absolute atomic E-state index is 0.151. The van der Waals surface area contributed by atoms with Crippen LogP contribution in [0.1, 0.15) is 16.7 Å². The number of rotatable bonds is 8. The monoisotopic (exact) mass is 455 g/mol. The first-order valence-electron chi connectivity index (χ1n) is 11.6. The molecule has 1 fully saturated rings. The van der Waals surface area contributed by atoms with E-state index < -0.39 is 0 Å². The van der Waals surface area contributed by atoms with Gasteiger partial charge in [-0.05, 0) is 53.1 Å². The average molecular weight is 456 g/mol. The van der Waals surface area contributed by atoms with Gasteiger partial charge >= 0.3 is 0 Å². The fraction of sp³-hybridized carbons (Fsp3) is 0.259. The molecule has 1 amide bonds. The molecule has 1 aliphatic heterocycles. The molecule has 7 nitrogen and oxygen atoms in total. The van der Waals surface area contributed by atoms with Gasteiger partial charge in [-0.25, -0.2) is 4.98 Å². The average Bonchev–Trinajstić information content (AvgIpc) is 3.33. The van der Waals surface area contributed by atoms with Crippen molar-refractivity contribution in [2.45, 2.75) is 19.6 Å². The van der Waals surface area contributed by atoms with E-state index in [-0.39, 0.29) is 5.91 Å². The molecule has 0 bridgehead atoms. The maximum absolute atomic E-state index is 12.3. The summed E-state index contributed by atoms with van der Waals surface area (Å²) in [7, 11) is 1.69. The smallest absolute Gasteiger partial charge is 0.236 e. The lowest BCUT2D eigenvalue weighted by Gasteiger charge is -2.29. The quantitative estimate of drug-likeness (QED) is 0.424. The number of H-pyrrole nitrogens is 1. The number of fused-ring (bicyclic) bond motifs is 1. The second-order valence-electron chi connectivity index (χ2n) is 8.62. The van der Waals surface area contributed by atoms with Gasteiger partial charge in [0.05, 0.1) is 31.0 Å². The van der Waals surface area contributed by atoms with Crippen LogP contribution < -0.4 is 15.0 Å². The summed E-state index contributed by atoms with van der Waals surface area (Å²) < 4.78 is 5.44. The van der Waals surface area contributed by atoms with Crippen LogP contribution in [0.15, 0.2) is 73.1 Å². The molecule has 1 aromatic heterocycles. The first-order valence-corrected chi connectivity index (χ1v) is 11.6. The van der Waals surface area contributed by atoms with Crippen molar-refractivity contribution in [1.82, 2.24) is 20.2 Å². The Labute approximate surface area is 199 Å². The lowest BCUT2D eigenvalue weighted by atomic mass is 10.1. The van der Waals surface area contributed by atoms with Crippen molar-refractivity contribution < 1.29 is 9.53 Å². The van der Waals surface area contributed by atoms with Crippen molar-refractivity contribution >= 4 is 22.6 Å². The Bertz CT molecular complexity index is 1280. The molecule has 0 atom stereocenters. The molecule has 2 heterocycles. The summed E-state index contributed by atoms with van der Waals surface area (Å²) in [5.41, 5.74) is 6.61. The summed E-state index contributed by atoms with van der Waals surface area (Å²) in [6, 6.07) is 23.0. The van der Waals surface area contributed by atoms with Crippen LogP contribution in [0.3, 0.4) is 0 Å². The molecular weight excluding hydrogens is 426 g/mol. The Kier molecular flexibility index (Phi) is 6.44. The third-order valence-corrected chi connectivity index (χ3v) is 6.20. The molecule has 0 spiro atoms. The predicted molar refractivity (Wildman–Crippen MR) is 134 cm³/mol. The summed E-state index contributed by atoms with van der Waals surface area (Å²) in [6.45, 7) is 4.08. The Morgan fingerprint density at radius 3 is 2.68 bits per heavy atom. The zero-order valence-electron chi connectivity index (χ0n) is 19.3. The van der Waals surface area contributed by atoms with Crippen LogP contribution in [0.25, 0.3) is 11.0 Å². The molecule has 0 aliphatic carbocycles. The minimum Gasteiger partial charge on any atom is -0.497 e. The van der Waals surface area contributed by atoms with Crippen molar-refractivity contribution in [3.05, 3.63) is 89.7 Å². The summed E-state index contributed by atoms with van der Waals surface area (Å²) in [6.07, 6.45) is 1.73. The molecule has 5 rings (SSSR count). The molecule has 7 heteroatoms. The predicted octanol–water partition coefficient (Wildman–Crippen LogP) is 3.71. The number of ether oxygens (including phenoxy) is 1. The van der Waals surface area contributed by atoms with Gasteiger partial charge in [0, 0.05) is 38.4 Å². The van der Waals surface area contributed by atoms with Crippen molar-refractivity contribution in [1.29, 1.82) is 0 Å². The number of anilines is 1. The van der Waals surface area contributed by atoms with E-state index >= 15 is 0 Å². The number of aromatic amines is 1. The number of methoxy groups -OCH3 is 1. The van der Waals surface area contributed by atoms with Crippen LogP contribution in [0.2, 0.25) is 0 Å². The number of carbonyl (C=O) groups excluding carboxylic acids is 1. The van der Waals surface area contributed by atoms with E-state index in [1.807, 2.05) is 17.0 Å². The largest absolute Gasteiger partial charge is 0.497 e. The van der Waals surface area contributed by atoms with Gasteiger partial charge in [-0.3, -0.25) is 4.79 Å². The van der Waals surface area contributed by atoms with Crippen LogP contribution in [0, 0.1) is 0 Å². The highest BCUT2D eigenvalue weighted by atomic mass is 16.5. The van der Waals surface area contributed by atoms with E-state index in [2.05, 4.69) is 74.8 Å². The molecule has 3 aromatic carbocycles. The van der Waals surface area contributed by atoms with E-state index in [4.69, 9.17) is 4.74 Å². The fourth-order valence-electron chi connectivity index (χ4n) is 4.42. The summed E-state index contributed by atoms with van der Waals surface area (Å²) in [5, 5.41) is 3.14. The van der Waals surface area contributed by atoms with E-state index in [0.717, 1.165) is 54.2 Å². The Hall–Kier alpha value is -3.84. The number of amides is 1. The Morgan fingerprint density at radius 1 is 1.00 bits per heavy atom. The molecule has 34 heavy (non-hydrogen) atoms. The second kappa shape index (κ2) is 9.97. The SMILES string of the molecule is COc1cccc(CN(Cc2ccc3nc[nH]c3c2)c2cccc(CN3CCNCC3=O)c2)c1. The van der Waals surface area contributed by atoms with Crippen molar-refractivity contribution in [2.75, 3.05) is 31.6 Å². The molecule has 2 N–H and O–H groups in total. The van der Waals surface area contributed by atoms with Crippen LogP contribution in [-0.2, 0) is 24.4 Å². The van der Waals surface area contributed by atoms with Crippen LogP contribution in [-0.4, -0.2) is 47.5 Å². The van der Waals surface area contributed by atoms with Gasteiger partial charge < -0.3 is 24.8 Å². The molecule has 0 saturated carbocycles. The van der Waals surface area contributed by atoms with E-state index in [0.29, 0.717) is 13.1 Å². The number of imidazole rings is 1. The highest BCUT2D eigenvalue weighted by Crippen LogP contribution is 2.25. The molecule has 0 unspecified atom stereocenters. The number of hydrogen-bond acceptors (Lipinski definition) is 5. The normalized spacial score (nSPS) is 13.9. The molecule has 1 aliphatic rings. The van der Waals surface area contributed by atoms with Crippen molar-refractivity contribution in [2.24, 2.45) is 0 Å². The lowest BCUT2D eigenvalue weighted by molar-refractivity contribution is -0.132. The van der Waals surface area contributed by atoms with Gasteiger partial charge in [0.25, 0.3) is 0 Å². The maximum atomic E-state index is 12.3. The third kappa shape index (κ3) is 5.05. The minimum atomic E-state index is 0.151. The fourth-order valence-corrected chi connectivity index (χ4v) is 4.42. The van der Waals surface area contributed by atoms with Crippen molar-refractivity contribution in [3.63, 3.8) is 0 Å². The van der Waals surface area contributed by atoms with Gasteiger partial charge in [0.1, 0.15) is 5.75 Å². The number of hydrogen-bond donors (Lipinski definition) is 2. The van der Waals surface area contributed by atoms with Crippen molar-refractivity contribution in [3.8, 4) is 5.75 Å². The van der Waals surface area contributed by atoms with Gasteiger partial charge in [0.15, 0.2) is 0 Å². The number of aromatic nitrogens is 2. The first kappa shape index (κ1) is 22.0. The highest BCUT2D eigenvalue weighted by Gasteiger charge is 2.18. The second-order valence-corrected chi connectivity index (χ2v) is 8.62. The molecule has 1 saturated heterocycles. The van der Waals surface area contributed by atoms with E-state index in [1.165, 1.54) is 11.1 Å². The highest BCUT2D eigenvalue weighted by molar-refractivity contribution is 5.79. The number of carbonyl (C=O) groups is 1. The number of benzene rings is 3. The van der Waals surface area contributed by atoms with Gasteiger partial charge in [-0.1, -0.05) is 30.3 Å². The third-order valence-electron chi connectivity index (χ3n) is 6.20. The van der Waals surface area contributed by atoms with Crippen LogP contribution in [0.4, 0.5) is 5.69 Å². The Balaban J connectivity index is 1.43. The topological polar surface area (TPSA) is 73.5 Å². The lowest BCUT2D eigenvalue weighted by Crippen LogP contribution is -2.47. The summed E-state index contributed by atoms with van der Waals surface area (Å²) in [4.78, 5) is 24.1. The van der Waals surface area contributed by atoms with Gasteiger partial charge in [0.2, 0.25) is 5.91 Å². The van der Waals surface area contributed by atoms with Gasteiger partial charge in [-0.15, -0.1) is 0 Å². The summed E-state index contributed by atoms with van der Waals surface area (Å²) >= 11 is 0. The maximum Gasteiger partial charge on any atom is 0.236 e. The standard InChI is InChI=1S/C27H29N5O2/c1-34-24-7-3-5-21(13-24)17-32(18-22-8-9-25-26(14-22)30-19-29-25)23-6-2-4-20(12-23)16-31-11-10-28-15-27(31)33/h2-9,12-14,19,28H,10-11,15-18H2,1H3,(H,29,30). The molecular formula is C27H29N5O2. The molecule has 4 aromatic rings. The number of nitrogens with one attached hydrogen (secondary N) is 2. The molecule has 0 radical (unpaired) electrons. The van der Waals surface area contributed by atoms with E-state index in [9.17, 15) is 4.79 Å². The van der Waals surface area contributed by atoms with Gasteiger partial charge in [-0.2, -0.15) is 0 Å².